The number of aryl methyl sites for hydroxylation is 2. The average Bonchev–Trinajstić information content (AvgIpc) is 2.20. The molecular formula is C14H21NO2. The number of ketones is 1. The van der Waals surface area contributed by atoms with Crippen LogP contribution in [0.25, 0.3) is 0 Å². The molecule has 0 heterocycles. The molecule has 0 aliphatic carbocycles. The Balaban J connectivity index is 3.41. The van der Waals surface area contributed by atoms with Crippen LogP contribution in [0.2, 0.25) is 0 Å². The van der Waals surface area contributed by atoms with Gasteiger partial charge in [-0.3, -0.25) is 9.69 Å². The van der Waals surface area contributed by atoms with Crippen molar-refractivity contribution in [1.29, 1.82) is 0 Å². The van der Waals surface area contributed by atoms with E-state index in [4.69, 9.17) is 4.74 Å². The molecule has 3 nitrogen and oxygen atoms in total. The first kappa shape index (κ1) is 13.7. The van der Waals surface area contributed by atoms with Crippen molar-refractivity contribution in [3.05, 3.63) is 28.8 Å². The number of nitrogens with zero attached hydrogens (tertiary/aromatic N) is 1. The number of rotatable bonds is 4. The number of carbonyl (C=O) groups excluding carboxylic acids is 1. The molecule has 17 heavy (non-hydrogen) atoms. The zero-order valence-electron chi connectivity index (χ0n) is 11.5. The van der Waals surface area contributed by atoms with Crippen molar-refractivity contribution in [2.75, 3.05) is 21.2 Å². The van der Waals surface area contributed by atoms with Crippen LogP contribution in [0.1, 0.15) is 29.7 Å². The van der Waals surface area contributed by atoms with E-state index in [1.54, 1.807) is 14.0 Å². The fourth-order valence-corrected chi connectivity index (χ4v) is 2.28. The molecule has 1 rings (SSSR count). The van der Waals surface area contributed by atoms with Gasteiger partial charge in [-0.15, -0.1) is 0 Å². The number of hydrogen-bond donors (Lipinski definition) is 0. The van der Waals surface area contributed by atoms with Gasteiger partial charge in [-0.1, -0.05) is 6.07 Å². The van der Waals surface area contributed by atoms with Crippen molar-refractivity contribution in [2.45, 2.75) is 26.8 Å². The maximum Gasteiger partial charge on any atom is 0.151 e. The van der Waals surface area contributed by atoms with Crippen LogP contribution < -0.4 is 4.74 Å². The number of benzene rings is 1. The fourth-order valence-electron chi connectivity index (χ4n) is 2.28. The Morgan fingerprint density at radius 1 is 1.29 bits per heavy atom. The van der Waals surface area contributed by atoms with Crippen LogP contribution in [0.15, 0.2) is 12.1 Å². The third-order valence-corrected chi connectivity index (χ3v) is 2.89. The molecule has 0 amide bonds. The molecule has 0 fully saturated rings. The molecule has 0 saturated carbocycles. The summed E-state index contributed by atoms with van der Waals surface area (Å²) in [5, 5.41) is 0. The Hall–Kier alpha value is -1.35. The normalized spacial score (nSPS) is 12.6. The van der Waals surface area contributed by atoms with Gasteiger partial charge in [0, 0.05) is 5.56 Å². The lowest BCUT2D eigenvalue weighted by Crippen LogP contribution is -2.27. The lowest BCUT2D eigenvalue weighted by Gasteiger charge is -2.26. The molecule has 0 spiro atoms. The number of likely N-dealkylation sites (N-methyl/N-ethyl adjacent to an activating group) is 1. The molecule has 0 N–H and O–H groups in total. The van der Waals surface area contributed by atoms with Crippen LogP contribution >= 0.6 is 0 Å². The third-order valence-electron chi connectivity index (χ3n) is 2.89. The molecular weight excluding hydrogens is 214 g/mol. The van der Waals surface area contributed by atoms with Crippen molar-refractivity contribution in [3.63, 3.8) is 0 Å². The second-order valence-electron chi connectivity index (χ2n) is 4.67. The van der Waals surface area contributed by atoms with Gasteiger partial charge in [0.1, 0.15) is 5.75 Å². The van der Waals surface area contributed by atoms with Gasteiger partial charge in [0.25, 0.3) is 0 Å². The van der Waals surface area contributed by atoms with Crippen LogP contribution in [0.4, 0.5) is 0 Å². The summed E-state index contributed by atoms with van der Waals surface area (Å²) in [6, 6.07) is 3.81. The van der Waals surface area contributed by atoms with Crippen molar-refractivity contribution in [3.8, 4) is 5.75 Å². The summed E-state index contributed by atoms with van der Waals surface area (Å²) in [7, 11) is 5.46. The highest BCUT2D eigenvalue weighted by Crippen LogP contribution is 2.32. The molecule has 3 heteroatoms. The summed E-state index contributed by atoms with van der Waals surface area (Å²) in [6.07, 6.45) is 0. The maximum atomic E-state index is 11.8. The lowest BCUT2D eigenvalue weighted by atomic mass is 9.95. The van der Waals surface area contributed by atoms with Gasteiger partial charge in [-0.05, 0) is 52.1 Å². The maximum absolute atomic E-state index is 11.8. The van der Waals surface area contributed by atoms with Gasteiger partial charge in [-0.2, -0.15) is 0 Å². The number of methoxy groups -OCH3 is 1. The molecule has 0 aliphatic rings. The van der Waals surface area contributed by atoms with Crippen molar-refractivity contribution < 1.29 is 9.53 Å². The number of Topliss-reactive ketones (excluding diaryl/α,β-unsaturated/α-hetero) is 1. The van der Waals surface area contributed by atoms with Crippen LogP contribution in [0, 0.1) is 13.8 Å². The summed E-state index contributed by atoms with van der Waals surface area (Å²) >= 11 is 0. The highest BCUT2D eigenvalue weighted by Gasteiger charge is 2.24. The van der Waals surface area contributed by atoms with E-state index in [9.17, 15) is 4.79 Å². The monoisotopic (exact) mass is 235 g/mol. The van der Waals surface area contributed by atoms with Gasteiger partial charge < -0.3 is 4.74 Å². The number of carbonyl (C=O) groups is 1. The Kier molecular flexibility index (Phi) is 4.29. The summed E-state index contributed by atoms with van der Waals surface area (Å²) in [4.78, 5) is 13.7. The Bertz CT molecular complexity index is 424. The topological polar surface area (TPSA) is 29.5 Å². The summed E-state index contributed by atoms with van der Waals surface area (Å²) in [5.74, 6) is 0.914. The summed E-state index contributed by atoms with van der Waals surface area (Å²) in [6.45, 7) is 5.66. The molecule has 0 aromatic heterocycles. The molecule has 0 saturated heterocycles. The first-order valence-electron chi connectivity index (χ1n) is 5.70. The van der Waals surface area contributed by atoms with E-state index in [0.717, 1.165) is 22.4 Å². The molecule has 1 aromatic carbocycles. The predicted molar refractivity (Wildman–Crippen MR) is 69.6 cm³/mol. The molecule has 94 valence electrons. The van der Waals surface area contributed by atoms with Crippen molar-refractivity contribution >= 4 is 5.78 Å². The molecule has 1 unspecified atom stereocenters. The largest absolute Gasteiger partial charge is 0.496 e. The smallest absolute Gasteiger partial charge is 0.151 e. The minimum atomic E-state index is -0.245. The Labute approximate surface area is 103 Å². The van der Waals surface area contributed by atoms with E-state index in [1.807, 2.05) is 38.9 Å². The quantitative estimate of drug-likeness (QED) is 0.803. The Morgan fingerprint density at radius 2 is 1.88 bits per heavy atom. The lowest BCUT2D eigenvalue weighted by molar-refractivity contribution is -0.121. The molecule has 1 aromatic rings. The van der Waals surface area contributed by atoms with Crippen molar-refractivity contribution in [1.82, 2.24) is 4.90 Å². The minimum Gasteiger partial charge on any atom is -0.496 e. The van der Waals surface area contributed by atoms with Gasteiger partial charge in [-0.25, -0.2) is 0 Å². The van der Waals surface area contributed by atoms with Crippen LogP contribution in [-0.4, -0.2) is 31.9 Å². The number of ether oxygens (including phenoxy) is 1. The average molecular weight is 235 g/mol. The van der Waals surface area contributed by atoms with Gasteiger partial charge in [0.2, 0.25) is 0 Å². The van der Waals surface area contributed by atoms with E-state index in [2.05, 4.69) is 6.07 Å². The van der Waals surface area contributed by atoms with Gasteiger partial charge in [0.15, 0.2) is 5.78 Å². The fraction of sp³-hybridized carbons (Fsp3) is 0.500. The van der Waals surface area contributed by atoms with E-state index in [1.165, 1.54) is 0 Å². The zero-order chi connectivity index (χ0) is 13.2. The van der Waals surface area contributed by atoms with Gasteiger partial charge in [0.05, 0.1) is 13.2 Å². The highest BCUT2D eigenvalue weighted by molar-refractivity contribution is 5.84. The zero-order valence-corrected chi connectivity index (χ0v) is 11.5. The van der Waals surface area contributed by atoms with Crippen molar-refractivity contribution in [2.24, 2.45) is 0 Å². The predicted octanol–water partition coefficient (Wildman–Crippen LogP) is 2.50. The van der Waals surface area contributed by atoms with E-state index < -0.39 is 0 Å². The standard InChI is InChI=1S/C14H21NO2/c1-9-7-10(2)13(12(8-9)17-6)14(11(3)16)15(4)5/h7-8,14H,1-6H3. The second kappa shape index (κ2) is 5.32. The molecule has 0 bridgehead atoms. The molecule has 1 atom stereocenters. The molecule has 0 aliphatic heterocycles. The van der Waals surface area contributed by atoms with Gasteiger partial charge >= 0.3 is 0 Å². The van der Waals surface area contributed by atoms with Crippen LogP contribution in [0.3, 0.4) is 0 Å². The van der Waals surface area contributed by atoms with Crippen LogP contribution in [0.5, 0.6) is 5.75 Å². The molecule has 0 radical (unpaired) electrons. The third kappa shape index (κ3) is 2.86. The second-order valence-corrected chi connectivity index (χ2v) is 4.67. The summed E-state index contributed by atoms with van der Waals surface area (Å²) in [5.41, 5.74) is 3.20. The van der Waals surface area contributed by atoms with E-state index in [0.29, 0.717) is 0 Å². The van der Waals surface area contributed by atoms with E-state index >= 15 is 0 Å². The summed E-state index contributed by atoms with van der Waals surface area (Å²) < 4.78 is 5.41. The Morgan fingerprint density at radius 3 is 2.29 bits per heavy atom. The first-order valence-corrected chi connectivity index (χ1v) is 5.70. The van der Waals surface area contributed by atoms with E-state index in [-0.39, 0.29) is 11.8 Å². The first-order chi connectivity index (χ1) is 7.88. The minimum absolute atomic E-state index is 0.125. The van der Waals surface area contributed by atoms with Crippen LogP contribution in [-0.2, 0) is 4.79 Å². The SMILES string of the molecule is COc1cc(C)cc(C)c1C(C(C)=O)N(C)C. The number of hydrogen-bond acceptors (Lipinski definition) is 3. The highest BCUT2D eigenvalue weighted by atomic mass is 16.5.